The number of amides is 1. The van der Waals surface area contributed by atoms with Crippen LogP contribution in [0.4, 0.5) is 0 Å². The predicted octanol–water partition coefficient (Wildman–Crippen LogP) is 3.49. The molecule has 5 rings (SSSR count). The molecular formula is C27H38N2O3. The fourth-order valence-corrected chi connectivity index (χ4v) is 6.33. The van der Waals surface area contributed by atoms with Crippen LogP contribution < -0.4 is 0 Å². The van der Waals surface area contributed by atoms with Gasteiger partial charge in [0, 0.05) is 57.8 Å². The number of allylic oxidation sites excluding steroid dienone is 1. The van der Waals surface area contributed by atoms with Gasteiger partial charge in [-0.05, 0) is 61.6 Å². The van der Waals surface area contributed by atoms with E-state index in [1.165, 1.54) is 30.5 Å². The van der Waals surface area contributed by atoms with Crippen molar-refractivity contribution in [1.82, 2.24) is 9.80 Å². The smallest absolute Gasteiger partial charge is 0.225 e. The van der Waals surface area contributed by atoms with Crippen LogP contribution in [0, 0.1) is 17.8 Å². The summed E-state index contributed by atoms with van der Waals surface area (Å²) in [6.45, 7) is 6.42. The first-order chi connectivity index (χ1) is 15.7. The van der Waals surface area contributed by atoms with Crippen molar-refractivity contribution >= 4 is 5.91 Å². The van der Waals surface area contributed by atoms with E-state index in [1.807, 2.05) is 7.11 Å². The molecule has 3 aliphatic heterocycles. The van der Waals surface area contributed by atoms with Gasteiger partial charge in [0.25, 0.3) is 0 Å². The minimum Gasteiger partial charge on any atom is -0.383 e. The third kappa shape index (κ3) is 4.66. The Morgan fingerprint density at radius 1 is 1.09 bits per heavy atom. The minimum absolute atomic E-state index is 0.170. The second-order valence-electron chi connectivity index (χ2n) is 10.1. The predicted molar refractivity (Wildman–Crippen MR) is 126 cm³/mol. The maximum absolute atomic E-state index is 13.0. The van der Waals surface area contributed by atoms with Crippen LogP contribution in [0.25, 0.3) is 0 Å². The van der Waals surface area contributed by atoms with Crippen LogP contribution in [-0.2, 0) is 20.7 Å². The Bertz CT molecular complexity index is 802. The molecule has 1 aliphatic carbocycles. The maximum atomic E-state index is 13.0. The van der Waals surface area contributed by atoms with Crippen molar-refractivity contribution < 1.29 is 14.3 Å². The average Bonchev–Trinajstić information content (AvgIpc) is 3.55. The number of methoxy groups -OCH3 is 1. The number of rotatable bonds is 7. The fourth-order valence-electron chi connectivity index (χ4n) is 6.33. The summed E-state index contributed by atoms with van der Waals surface area (Å²) in [6.07, 6.45) is 10.2. The molecule has 1 aromatic carbocycles. The number of fused-ring (bicyclic) bond motifs is 1. The van der Waals surface area contributed by atoms with E-state index in [0.29, 0.717) is 29.7 Å². The highest BCUT2D eigenvalue weighted by Crippen LogP contribution is 2.43. The van der Waals surface area contributed by atoms with E-state index in [9.17, 15) is 4.79 Å². The molecule has 3 heterocycles. The van der Waals surface area contributed by atoms with Gasteiger partial charge in [0.05, 0.1) is 6.61 Å². The lowest BCUT2D eigenvalue weighted by Gasteiger charge is -2.27. The van der Waals surface area contributed by atoms with Crippen molar-refractivity contribution in [1.29, 1.82) is 0 Å². The number of ether oxygens (including phenoxy) is 2. The molecule has 0 radical (unpaired) electrons. The van der Waals surface area contributed by atoms with Gasteiger partial charge in [-0.3, -0.25) is 9.69 Å². The van der Waals surface area contributed by atoms with E-state index in [-0.39, 0.29) is 5.92 Å². The zero-order valence-corrected chi connectivity index (χ0v) is 19.5. The molecule has 4 unspecified atom stereocenters. The Kier molecular flexibility index (Phi) is 6.96. The molecule has 4 atom stereocenters. The highest BCUT2D eigenvalue weighted by atomic mass is 16.5. The molecule has 4 aliphatic rings. The van der Waals surface area contributed by atoms with Crippen LogP contribution in [0.5, 0.6) is 0 Å². The summed E-state index contributed by atoms with van der Waals surface area (Å²) >= 11 is 0. The van der Waals surface area contributed by atoms with Gasteiger partial charge >= 0.3 is 0 Å². The molecule has 1 amide bonds. The fraction of sp³-hybridized carbons (Fsp3) is 0.667. The van der Waals surface area contributed by atoms with E-state index in [1.54, 1.807) is 0 Å². The maximum Gasteiger partial charge on any atom is 0.225 e. The molecule has 32 heavy (non-hydrogen) atoms. The third-order valence-electron chi connectivity index (χ3n) is 8.23. The highest BCUT2D eigenvalue weighted by Gasteiger charge is 2.42. The molecule has 3 saturated heterocycles. The van der Waals surface area contributed by atoms with Crippen molar-refractivity contribution in [3.05, 3.63) is 47.5 Å². The second-order valence-corrected chi connectivity index (χ2v) is 10.1. The Labute approximate surface area is 192 Å². The second kappa shape index (κ2) is 10.1. The van der Waals surface area contributed by atoms with E-state index >= 15 is 0 Å². The Hall–Kier alpha value is -1.69. The van der Waals surface area contributed by atoms with E-state index < -0.39 is 0 Å². The zero-order chi connectivity index (χ0) is 21.9. The van der Waals surface area contributed by atoms with Gasteiger partial charge in [-0.25, -0.2) is 0 Å². The molecule has 5 nitrogen and oxygen atoms in total. The lowest BCUT2D eigenvalue weighted by molar-refractivity contribution is -0.137. The van der Waals surface area contributed by atoms with Crippen LogP contribution >= 0.6 is 0 Å². The first-order valence-electron chi connectivity index (χ1n) is 12.6. The lowest BCUT2D eigenvalue weighted by atomic mass is 9.85. The van der Waals surface area contributed by atoms with E-state index in [4.69, 9.17) is 9.47 Å². The Balaban J connectivity index is 1.16. The van der Waals surface area contributed by atoms with Gasteiger partial charge in [0.2, 0.25) is 5.91 Å². The zero-order valence-electron chi connectivity index (χ0n) is 19.5. The normalized spacial score (nSPS) is 30.8. The van der Waals surface area contributed by atoms with Gasteiger partial charge in [-0.1, -0.05) is 36.4 Å². The number of carbonyl (C=O) groups excluding carboxylic acids is 1. The Morgan fingerprint density at radius 2 is 1.91 bits per heavy atom. The molecule has 0 bridgehead atoms. The number of carbonyl (C=O) groups is 1. The lowest BCUT2D eigenvalue weighted by Crippen LogP contribution is -2.37. The Morgan fingerprint density at radius 3 is 2.69 bits per heavy atom. The monoisotopic (exact) mass is 438 g/mol. The van der Waals surface area contributed by atoms with E-state index in [0.717, 1.165) is 58.7 Å². The van der Waals surface area contributed by atoms with Crippen LogP contribution in [-0.4, -0.2) is 74.9 Å². The van der Waals surface area contributed by atoms with Crippen LogP contribution in [0.15, 0.2) is 36.4 Å². The number of likely N-dealkylation sites (tertiary alicyclic amines) is 2. The van der Waals surface area contributed by atoms with Crippen molar-refractivity contribution in [2.24, 2.45) is 17.8 Å². The summed E-state index contributed by atoms with van der Waals surface area (Å²) in [7, 11) is 1.81. The van der Waals surface area contributed by atoms with Gasteiger partial charge in [-0.2, -0.15) is 0 Å². The molecule has 0 aromatic heterocycles. The van der Waals surface area contributed by atoms with Gasteiger partial charge < -0.3 is 14.4 Å². The number of hydrogen-bond acceptors (Lipinski definition) is 4. The summed E-state index contributed by atoms with van der Waals surface area (Å²) in [5.74, 6) is 2.01. The van der Waals surface area contributed by atoms with E-state index in [2.05, 4.69) is 46.2 Å². The summed E-state index contributed by atoms with van der Waals surface area (Å²) in [5.41, 5.74) is 2.81. The number of nitrogens with zero attached hydrogens (tertiary/aromatic N) is 2. The summed E-state index contributed by atoms with van der Waals surface area (Å²) in [4.78, 5) is 17.7. The van der Waals surface area contributed by atoms with Crippen LogP contribution in [0.2, 0.25) is 0 Å². The molecule has 3 fully saturated rings. The minimum atomic E-state index is 0.170. The molecule has 1 aromatic rings. The largest absolute Gasteiger partial charge is 0.383 e. The van der Waals surface area contributed by atoms with Crippen molar-refractivity contribution in [2.45, 2.75) is 44.1 Å². The number of hydrogen-bond donors (Lipinski definition) is 0. The number of benzene rings is 1. The topological polar surface area (TPSA) is 42.0 Å². The quantitative estimate of drug-likeness (QED) is 0.611. The van der Waals surface area contributed by atoms with Crippen LogP contribution in [0.3, 0.4) is 0 Å². The molecule has 0 spiro atoms. The molecule has 5 heteroatoms. The van der Waals surface area contributed by atoms with Gasteiger partial charge in [0.1, 0.15) is 0 Å². The first kappa shape index (κ1) is 22.1. The molecule has 0 N–H and O–H groups in total. The average molecular weight is 439 g/mol. The van der Waals surface area contributed by atoms with Gasteiger partial charge in [-0.15, -0.1) is 0 Å². The van der Waals surface area contributed by atoms with Crippen molar-refractivity contribution in [3.63, 3.8) is 0 Å². The van der Waals surface area contributed by atoms with Crippen molar-refractivity contribution in [3.8, 4) is 0 Å². The standard InChI is InChI=1S/C27H38N2O3/c1-31-19-24-3-2-13-28(24)14-10-20-4-6-21(7-5-20)25-9-8-23-17-29(18-26(23)25)27(30)22-11-15-32-16-12-22/h4-9,22-26H,2-3,10-19H2,1H3. The molecular weight excluding hydrogens is 400 g/mol. The summed E-state index contributed by atoms with van der Waals surface area (Å²) < 4.78 is 10.8. The summed E-state index contributed by atoms with van der Waals surface area (Å²) in [5, 5.41) is 0. The van der Waals surface area contributed by atoms with Crippen molar-refractivity contribution in [2.75, 3.05) is 53.1 Å². The third-order valence-corrected chi connectivity index (χ3v) is 8.23. The van der Waals surface area contributed by atoms with Crippen LogP contribution in [0.1, 0.15) is 42.7 Å². The molecule has 174 valence electrons. The van der Waals surface area contributed by atoms with Gasteiger partial charge in [0.15, 0.2) is 0 Å². The summed E-state index contributed by atoms with van der Waals surface area (Å²) in [6, 6.07) is 9.88. The SMILES string of the molecule is COCC1CCCN1CCc1ccc(C2C=CC3CN(C(=O)C4CCOCC4)CC32)cc1. The first-order valence-corrected chi connectivity index (χ1v) is 12.6. The highest BCUT2D eigenvalue weighted by molar-refractivity contribution is 5.79. The molecule has 0 saturated carbocycles.